The number of benzene rings is 2. The van der Waals surface area contributed by atoms with Crippen molar-refractivity contribution in [1.82, 2.24) is 0 Å². The third-order valence-corrected chi connectivity index (χ3v) is 6.49. The number of ether oxygens (including phenoxy) is 1. The number of aliphatic hydroxyl groups excluding tert-OH is 1. The van der Waals surface area contributed by atoms with Crippen molar-refractivity contribution in [3.05, 3.63) is 71.3 Å². The number of esters is 1. The number of hydrogen-bond acceptors (Lipinski definition) is 3. The van der Waals surface area contributed by atoms with Gasteiger partial charge in [0, 0.05) is 12.2 Å². The molecule has 1 saturated carbocycles. The monoisotopic (exact) mass is 420 g/mol. The van der Waals surface area contributed by atoms with Gasteiger partial charge in [-0.25, -0.2) is 4.79 Å². The molecule has 2 aromatic rings. The van der Waals surface area contributed by atoms with E-state index in [-0.39, 0.29) is 12.6 Å². The molecule has 0 bridgehead atoms. The molecule has 0 aliphatic heterocycles. The van der Waals surface area contributed by atoms with Crippen molar-refractivity contribution in [2.45, 2.75) is 64.7 Å². The van der Waals surface area contributed by atoms with Crippen LogP contribution < -0.4 is 0 Å². The summed E-state index contributed by atoms with van der Waals surface area (Å²) in [4.78, 5) is 11.6. The van der Waals surface area contributed by atoms with Crippen LogP contribution in [0.3, 0.4) is 0 Å². The summed E-state index contributed by atoms with van der Waals surface area (Å²) < 4.78 is 5.23. The fourth-order valence-corrected chi connectivity index (χ4v) is 4.49. The lowest BCUT2D eigenvalue weighted by Gasteiger charge is -2.26. The molecule has 1 fully saturated rings. The van der Waals surface area contributed by atoms with Crippen LogP contribution in [0.5, 0.6) is 0 Å². The van der Waals surface area contributed by atoms with Gasteiger partial charge in [0.2, 0.25) is 0 Å². The topological polar surface area (TPSA) is 46.5 Å². The fourth-order valence-electron chi connectivity index (χ4n) is 4.49. The molecular weight excluding hydrogens is 384 g/mol. The third-order valence-electron chi connectivity index (χ3n) is 6.49. The maximum Gasteiger partial charge on any atom is 0.333 e. The molecule has 3 heteroatoms. The van der Waals surface area contributed by atoms with Gasteiger partial charge in [-0.05, 0) is 78.7 Å². The first-order chi connectivity index (χ1) is 15.0. The smallest absolute Gasteiger partial charge is 0.333 e. The normalized spacial score (nSPS) is 18.5. The molecule has 166 valence electrons. The van der Waals surface area contributed by atoms with Crippen LogP contribution in [0, 0.1) is 5.92 Å². The molecule has 1 N–H and O–H groups in total. The summed E-state index contributed by atoms with van der Waals surface area (Å²) in [5, 5.41) is 9.43. The van der Waals surface area contributed by atoms with Gasteiger partial charge in [-0.2, -0.15) is 0 Å². The Morgan fingerprint density at radius 3 is 2.32 bits per heavy atom. The number of aryl methyl sites for hydroxylation is 1. The molecule has 0 unspecified atom stereocenters. The van der Waals surface area contributed by atoms with Gasteiger partial charge in [0.1, 0.15) is 0 Å². The quantitative estimate of drug-likeness (QED) is 0.297. The number of rotatable bonds is 9. The van der Waals surface area contributed by atoms with E-state index in [2.05, 4.69) is 56.0 Å². The molecule has 0 aromatic heterocycles. The zero-order valence-corrected chi connectivity index (χ0v) is 19.0. The van der Waals surface area contributed by atoms with E-state index in [1.165, 1.54) is 47.9 Å². The van der Waals surface area contributed by atoms with Crippen LogP contribution in [0.1, 0.15) is 68.6 Å². The highest BCUT2D eigenvalue weighted by molar-refractivity contribution is 5.86. The lowest BCUT2D eigenvalue weighted by atomic mass is 9.79. The van der Waals surface area contributed by atoms with Crippen LogP contribution in [-0.4, -0.2) is 24.3 Å². The van der Waals surface area contributed by atoms with Crippen molar-refractivity contribution in [2.24, 2.45) is 5.92 Å². The fraction of sp³-hybridized carbons (Fsp3) is 0.464. The van der Waals surface area contributed by atoms with Gasteiger partial charge < -0.3 is 9.84 Å². The van der Waals surface area contributed by atoms with Crippen molar-refractivity contribution < 1.29 is 14.6 Å². The average molecular weight is 421 g/mol. The van der Waals surface area contributed by atoms with Crippen LogP contribution in [0.2, 0.25) is 0 Å². The van der Waals surface area contributed by atoms with E-state index in [1.54, 1.807) is 6.92 Å². The van der Waals surface area contributed by atoms with E-state index < -0.39 is 0 Å². The van der Waals surface area contributed by atoms with Crippen LogP contribution in [0.4, 0.5) is 0 Å². The van der Waals surface area contributed by atoms with Crippen molar-refractivity contribution in [3.8, 4) is 11.1 Å². The molecule has 1 aliphatic rings. The Balaban J connectivity index is 1.68. The second-order valence-electron chi connectivity index (χ2n) is 9.06. The molecule has 0 radical (unpaired) electrons. The Morgan fingerprint density at radius 1 is 1.00 bits per heavy atom. The highest BCUT2D eigenvalue weighted by Gasteiger charge is 2.19. The Kier molecular flexibility index (Phi) is 8.48. The van der Waals surface area contributed by atoms with E-state index in [0.717, 1.165) is 24.3 Å². The highest BCUT2D eigenvalue weighted by Crippen LogP contribution is 2.36. The van der Waals surface area contributed by atoms with Gasteiger partial charge in [-0.3, -0.25) is 0 Å². The predicted molar refractivity (Wildman–Crippen MR) is 127 cm³/mol. The third kappa shape index (κ3) is 6.54. The van der Waals surface area contributed by atoms with Crippen molar-refractivity contribution >= 4 is 5.97 Å². The zero-order chi connectivity index (χ0) is 22.2. The van der Waals surface area contributed by atoms with Crippen molar-refractivity contribution in [3.63, 3.8) is 0 Å². The van der Waals surface area contributed by atoms with Gasteiger partial charge in [-0.1, -0.05) is 68.8 Å². The van der Waals surface area contributed by atoms with Crippen molar-refractivity contribution in [2.75, 3.05) is 13.2 Å². The molecule has 3 rings (SSSR count). The molecular formula is C28H36O3. The van der Waals surface area contributed by atoms with Crippen LogP contribution in [-0.2, 0) is 22.4 Å². The number of carbonyl (C=O) groups excluding carboxylic acids is 1. The molecule has 0 amide bonds. The lowest BCUT2D eigenvalue weighted by molar-refractivity contribution is -0.139. The van der Waals surface area contributed by atoms with Crippen LogP contribution in [0.25, 0.3) is 11.1 Å². The minimum absolute atomic E-state index is 0.131. The van der Waals surface area contributed by atoms with E-state index in [4.69, 9.17) is 4.74 Å². The largest absolute Gasteiger partial charge is 0.462 e. The van der Waals surface area contributed by atoms with E-state index in [0.29, 0.717) is 24.5 Å². The summed E-state index contributed by atoms with van der Waals surface area (Å²) in [6.45, 7) is 8.14. The average Bonchev–Trinajstić information content (AvgIpc) is 2.78. The molecule has 3 nitrogen and oxygen atoms in total. The van der Waals surface area contributed by atoms with Crippen LogP contribution in [0.15, 0.2) is 54.6 Å². The molecule has 1 aliphatic carbocycles. The molecule has 0 atom stereocenters. The first kappa shape index (κ1) is 23.3. The summed E-state index contributed by atoms with van der Waals surface area (Å²) in [5.41, 5.74) is 6.67. The molecule has 0 heterocycles. The van der Waals surface area contributed by atoms with Gasteiger partial charge in [0.05, 0.1) is 6.61 Å². The first-order valence-electron chi connectivity index (χ1n) is 11.6. The Morgan fingerprint density at radius 2 is 1.68 bits per heavy atom. The second kappa shape index (κ2) is 11.3. The summed E-state index contributed by atoms with van der Waals surface area (Å²) in [5.74, 6) is 1.24. The first-order valence-corrected chi connectivity index (χ1v) is 11.6. The van der Waals surface area contributed by atoms with Gasteiger partial charge in [0.15, 0.2) is 0 Å². The Bertz CT molecular complexity index is 874. The minimum atomic E-state index is -0.336. The number of carbonyl (C=O) groups is 1. The summed E-state index contributed by atoms with van der Waals surface area (Å²) in [7, 11) is 0. The van der Waals surface area contributed by atoms with E-state index >= 15 is 0 Å². The number of aliphatic hydroxyl groups is 1. The SMILES string of the molecule is C=C(C)C(=O)OCCCc1cc(-c2ccc(C3CCC(C)CC3)cc2)ccc1CCO. The summed E-state index contributed by atoms with van der Waals surface area (Å²) in [6, 6.07) is 15.6. The molecule has 0 spiro atoms. The van der Waals surface area contributed by atoms with Gasteiger partial charge in [-0.15, -0.1) is 0 Å². The standard InChI is InChI=1S/C28H36O3/c1-20(2)28(30)31-18-4-5-26-19-27(15-14-25(26)16-17-29)24-12-10-23(11-13-24)22-8-6-21(3)7-9-22/h10-15,19,21-22,29H,1,4-9,16-18H2,2-3H3. The summed E-state index contributed by atoms with van der Waals surface area (Å²) >= 11 is 0. The molecule has 0 saturated heterocycles. The Hall–Kier alpha value is -2.39. The maximum absolute atomic E-state index is 11.6. The number of hydrogen-bond donors (Lipinski definition) is 1. The van der Waals surface area contributed by atoms with Crippen molar-refractivity contribution in [1.29, 1.82) is 0 Å². The molecule has 2 aromatic carbocycles. The second-order valence-corrected chi connectivity index (χ2v) is 9.06. The Labute approximate surface area is 187 Å². The van der Waals surface area contributed by atoms with E-state index in [9.17, 15) is 9.90 Å². The lowest BCUT2D eigenvalue weighted by Crippen LogP contribution is -2.10. The predicted octanol–water partition coefficient (Wildman–Crippen LogP) is 6.23. The van der Waals surface area contributed by atoms with Gasteiger partial charge >= 0.3 is 5.97 Å². The molecule has 31 heavy (non-hydrogen) atoms. The highest BCUT2D eigenvalue weighted by atomic mass is 16.5. The zero-order valence-electron chi connectivity index (χ0n) is 19.0. The minimum Gasteiger partial charge on any atom is -0.462 e. The van der Waals surface area contributed by atoms with Gasteiger partial charge in [0.25, 0.3) is 0 Å². The van der Waals surface area contributed by atoms with Crippen LogP contribution >= 0.6 is 0 Å². The van der Waals surface area contributed by atoms with E-state index in [1.807, 2.05) is 0 Å². The summed E-state index contributed by atoms with van der Waals surface area (Å²) in [6.07, 6.45) is 7.48. The maximum atomic E-state index is 11.6.